The van der Waals surface area contributed by atoms with Crippen LogP contribution < -0.4 is 5.56 Å². The largest absolute Gasteiger partial charge is 0.385 e. The molecule has 2 fully saturated rings. The van der Waals surface area contributed by atoms with Gasteiger partial charge in [-0.05, 0) is 31.2 Å². The van der Waals surface area contributed by atoms with E-state index in [0.717, 1.165) is 25.8 Å². The summed E-state index contributed by atoms with van der Waals surface area (Å²) in [5.41, 5.74) is 0.287. The summed E-state index contributed by atoms with van der Waals surface area (Å²) >= 11 is 0. The van der Waals surface area contributed by atoms with Gasteiger partial charge in [-0.25, -0.2) is 0 Å². The van der Waals surface area contributed by atoms with Crippen molar-refractivity contribution in [2.24, 2.45) is 5.92 Å². The summed E-state index contributed by atoms with van der Waals surface area (Å²) in [5, 5.41) is 0. The van der Waals surface area contributed by atoms with E-state index in [1.165, 1.54) is 12.3 Å². The molecule has 2 atom stereocenters. The maximum absolute atomic E-state index is 12.6. The Balaban J connectivity index is 1.65. The molecule has 2 saturated heterocycles. The number of nitrogens with zero attached hydrogens (tertiary/aromatic N) is 2. The molecule has 0 aliphatic carbocycles. The first kappa shape index (κ1) is 17.7. The molecule has 1 aromatic heterocycles. The highest BCUT2D eigenvalue weighted by Crippen LogP contribution is 2.31. The van der Waals surface area contributed by atoms with Crippen molar-refractivity contribution in [3.63, 3.8) is 0 Å². The number of rotatable bonds is 5. The van der Waals surface area contributed by atoms with Gasteiger partial charge >= 0.3 is 0 Å². The number of carbonyl (C=O) groups excluding carboxylic acids is 2. The van der Waals surface area contributed by atoms with Crippen molar-refractivity contribution in [1.82, 2.24) is 14.8 Å². The number of nitrogens with one attached hydrogen (secondary N) is 1. The molecular formula is C18H25N3O4. The van der Waals surface area contributed by atoms with E-state index in [-0.39, 0.29) is 23.4 Å². The number of hydrogen-bond acceptors (Lipinski definition) is 4. The van der Waals surface area contributed by atoms with Crippen LogP contribution in [0.25, 0.3) is 0 Å². The van der Waals surface area contributed by atoms with Gasteiger partial charge in [-0.3, -0.25) is 14.4 Å². The number of amides is 2. The summed E-state index contributed by atoms with van der Waals surface area (Å²) in [6.07, 6.45) is 4.50. The molecule has 2 aliphatic heterocycles. The normalized spacial score (nSPS) is 23.5. The quantitative estimate of drug-likeness (QED) is 0.801. The zero-order valence-corrected chi connectivity index (χ0v) is 14.6. The lowest BCUT2D eigenvalue weighted by Crippen LogP contribution is -2.57. The van der Waals surface area contributed by atoms with Gasteiger partial charge in [-0.1, -0.05) is 0 Å². The highest BCUT2D eigenvalue weighted by atomic mass is 16.5. The van der Waals surface area contributed by atoms with Crippen molar-refractivity contribution in [2.75, 3.05) is 33.4 Å². The zero-order valence-electron chi connectivity index (χ0n) is 14.6. The number of piperidine rings is 2. The number of pyridine rings is 1. The van der Waals surface area contributed by atoms with E-state index in [1.54, 1.807) is 13.2 Å². The van der Waals surface area contributed by atoms with Gasteiger partial charge in [-0.2, -0.15) is 0 Å². The van der Waals surface area contributed by atoms with Crippen LogP contribution in [0.5, 0.6) is 0 Å². The average Bonchev–Trinajstić information content (AvgIpc) is 2.63. The minimum atomic E-state index is -0.215. The van der Waals surface area contributed by atoms with Crippen molar-refractivity contribution in [3.8, 4) is 0 Å². The van der Waals surface area contributed by atoms with Gasteiger partial charge in [0.15, 0.2) is 0 Å². The van der Waals surface area contributed by atoms with Crippen LogP contribution in [-0.2, 0) is 9.53 Å². The van der Waals surface area contributed by atoms with E-state index in [4.69, 9.17) is 4.74 Å². The van der Waals surface area contributed by atoms with Crippen molar-refractivity contribution < 1.29 is 14.3 Å². The summed E-state index contributed by atoms with van der Waals surface area (Å²) in [5.74, 6) is 0.482. The number of ether oxygens (including phenoxy) is 1. The molecule has 1 N–H and O–H groups in total. The second kappa shape index (κ2) is 7.82. The second-order valence-corrected chi connectivity index (χ2v) is 6.78. The van der Waals surface area contributed by atoms with E-state index in [9.17, 15) is 14.4 Å². The van der Waals surface area contributed by atoms with Gasteiger partial charge in [-0.15, -0.1) is 0 Å². The summed E-state index contributed by atoms with van der Waals surface area (Å²) in [6, 6.07) is 3.16. The van der Waals surface area contributed by atoms with Crippen molar-refractivity contribution in [3.05, 3.63) is 34.2 Å². The third-order valence-electron chi connectivity index (χ3n) is 5.21. The van der Waals surface area contributed by atoms with Crippen LogP contribution in [-0.4, -0.2) is 66.0 Å². The van der Waals surface area contributed by atoms with E-state index in [0.29, 0.717) is 37.6 Å². The standard InChI is InChI=1S/C18H25N3O4/c1-25-10-2-8-21-15-7-9-20(12-14(15)4-6-17(21)23)18(24)13-3-5-16(22)19-11-13/h3,5,11,14-15H,2,4,6-10,12H2,1H3,(H,19,22). The number of carbonyl (C=O) groups is 2. The molecular weight excluding hydrogens is 322 g/mol. The number of hydrogen-bond donors (Lipinski definition) is 1. The van der Waals surface area contributed by atoms with Gasteiger partial charge in [0.2, 0.25) is 11.5 Å². The lowest BCUT2D eigenvalue weighted by Gasteiger charge is -2.47. The second-order valence-electron chi connectivity index (χ2n) is 6.78. The first-order chi connectivity index (χ1) is 12.1. The van der Waals surface area contributed by atoms with E-state index < -0.39 is 0 Å². The van der Waals surface area contributed by atoms with Crippen LogP contribution in [0.3, 0.4) is 0 Å². The third-order valence-corrected chi connectivity index (χ3v) is 5.21. The van der Waals surface area contributed by atoms with Gasteiger partial charge in [0.1, 0.15) is 0 Å². The van der Waals surface area contributed by atoms with Crippen LogP contribution in [0.15, 0.2) is 23.1 Å². The predicted octanol–water partition coefficient (Wildman–Crippen LogP) is 0.865. The van der Waals surface area contributed by atoms with Crippen LogP contribution in [0.4, 0.5) is 0 Å². The fourth-order valence-electron chi connectivity index (χ4n) is 3.93. The number of fused-ring (bicyclic) bond motifs is 1. The van der Waals surface area contributed by atoms with Crippen LogP contribution in [0.2, 0.25) is 0 Å². The summed E-state index contributed by atoms with van der Waals surface area (Å²) in [7, 11) is 1.67. The van der Waals surface area contributed by atoms with Gasteiger partial charge in [0, 0.05) is 58.1 Å². The summed E-state index contributed by atoms with van der Waals surface area (Å²) in [6.45, 7) is 2.67. The fraction of sp³-hybridized carbons (Fsp3) is 0.611. The Labute approximate surface area is 147 Å². The predicted molar refractivity (Wildman–Crippen MR) is 92.3 cm³/mol. The molecule has 0 radical (unpaired) electrons. The minimum Gasteiger partial charge on any atom is -0.385 e. The Morgan fingerprint density at radius 2 is 2.16 bits per heavy atom. The molecule has 7 nitrogen and oxygen atoms in total. The summed E-state index contributed by atoms with van der Waals surface area (Å²) in [4.78, 5) is 42.5. The molecule has 3 heterocycles. The van der Waals surface area contributed by atoms with Crippen molar-refractivity contribution >= 4 is 11.8 Å². The average molecular weight is 347 g/mol. The fourth-order valence-corrected chi connectivity index (χ4v) is 3.93. The highest BCUT2D eigenvalue weighted by molar-refractivity contribution is 5.94. The molecule has 25 heavy (non-hydrogen) atoms. The number of aromatic amines is 1. The lowest BCUT2D eigenvalue weighted by atomic mass is 9.83. The molecule has 136 valence electrons. The maximum Gasteiger partial charge on any atom is 0.255 e. The topological polar surface area (TPSA) is 82.7 Å². The molecule has 1 aromatic rings. The molecule has 0 bridgehead atoms. The number of H-pyrrole nitrogens is 1. The van der Waals surface area contributed by atoms with Gasteiger partial charge in [0.05, 0.1) is 5.56 Å². The first-order valence-corrected chi connectivity index (χ1v) is 8.86. The Kier molecular flexibility index (Phi) is 5.53. The zero-order chi connectivity index (χ0) is 17.8. The molecule has 7 heteroatoms. The smallest absolute Gasteiger partial charge is 0.255 e. The monoisotopic (exact) mass is 347 g/mol. The minimum absolute atomic E-state index is 0.0578. The van der Waals surface area contributed by atoms with Gasteiger partial charge in [0.25, 0.3) is 5.91 Å². The summed E-state index contributed by atoms with van der Waals surface area (Å²) < 4.78 is 5.09. The van der Waals surface area contributed by atoms with Gasteiger partial charge < -0.3 is 19.5 Å². The molecule has 2 aliphatic rings. The number of aromatic nitrogens is 1. The van der Waals surface area contributed by atoms with Crippen molar-refractivity contribution in [2.45, 2.75) is 31.7 Å². The maximum atomic E-state index is 12.6. The molecule has 3 rings (SSSR count). The molecule has 2 unspecified atom stereocenters. The van der Waals surface area contributed by atoms with Crippen LogP contribution in [0, 0.1) is 5.92 Å². The Morgan fingerprint density at radius 1 is 1.32 bits per heavy atom. The highest BCUT2D eigenvalue weighted by Gasteiger charge is 2.40. The molecule has 0 aromatic carbocycles. The Hall–Kier alpha value is -2.15. The molecule has 2 amide bonds. The van der Waals surface area contributed by atoms with Crippen LogP contribution in [0.1, 0.15) is 36.0 Å². The van der Waals surface area contributed by atoms with E-state index >= 15 is 0 Å². The van der Waals surface area contributed by atoms with Crippen LogP contribution >= 0.6 is 0 Å². The number of likely N-dealkylation sites (tertiary alicyclic amines) is 2. The van der Waals surface area contributed by atoms with E-state index in [1.807, 2.05) is 9.80 Å². The number of methoxy groups -OCH3 is 1. The first-order valence-electron chi connectivity index (χ1n) is 8.86. The Morgan fingerprint density at radius 3 is 2.88 bits per heavy atom. The SMILES string of the molecule is COCCCN1C(=O)CCC2CN(C(=O)c3ccc(=O)[nH]c3)CCC21. The molecule has 0 spiro atoms. The Bertz CT molecular complexity index is 667. The third kappa shape index (κ3) is 3.92. The molecule has 0 saturated carbocycles. The van der Waals surface area contributed by atoms with E-state index in [2.05, 4.69) is 4.98 Å². The lowest BCUT2D eigenvalue weighted by molar-refractivity contribution is -0.140. The van der Waals surface area contributed by atoms with Crippen molar-refractivity contribution in [1.29, 1.82) is 0 Å².